The zero-order valence-corrected chi connectivity index (χ0v) is 9.86. The van der Waals surface area contributed by atoms with Crippen molar-refractivity contribution in [3.05, 3.63) is 0 Å². The molecular formula is C7H17N2O5P. The van der Waals surface area contributed by atoms with E-state index in [0.717, 1.165) is 14.2 Å². The fraction of sp³-hybridized carbons (Fsp3) is 0.857. The number of aliphatic hydroxyl groups is 1. The third kappa shape index (κ3) is 4.27. The number of carbonyl (C=O) groups is 1. The Kier molecular flexibility index (Phi) is 6.00. The topological polar surface area (TPSA) is 111 Å². The van der Waals surface area contributed by atoms with Crippen molar-refractivity contribution < 1.29 is 23.5 Å². The SMILES string of the molecule is COP(=O)(OC)C(N)C(=O)NCC(C)O. The Bertz CT molecular complexity index is 250. The Morgan fingerprint density at radius 2 is 2.00 bits per heavy atom. The molecule has 0 aromatic rings. The molecular weight excluding hydrogens is 223 g/mol. The second kappa shape index (κ2) is 6.19. The van der Waals surface area contributed by atoms with Gasteiger partial charge in [0.2, 0.25) is 5.91 Å². The molecule has 0 saturated heterocycles. The fourth-order valence-electron chi connectivity index (χ4n) is 0.798. The molecule has 0 aliphatic rings. The number of hydrogen-bond acceptors (Lipinski definition) is 6. The molecule has 0 rings (SSSR count). The van der Waals surface area contributed by atoms with Gasteiger partial charge in [0.15, 0.2) is 5.78 Å². The molecule has 7 nitrogen and oxygen atoms in total. The molecule has 0 radical (unpaired) electrons. The van der Waals surface area contributed by atoms with Crippen molar-refractivity contribution in [3.63, 3.8) is 0 Å². The Labute approximate surface area is 88.5 Å². The van der Waals surface area contributed by atoms with E-state index in [1.807, 2.05) is 0 Å². The first-order valence-corrected chi connectivity index (χ1v) is 5.91. The van der Waals surface area contributed by atoms with Crippen molar-refractivity contribution in [2.45, 2.75) is 18.8 Å². The first-order valence-electron chi connectivity index (χ1n) is 4.30. The summed E-state index contributed by atoms with van der Waals surface area (Å²) < 4.78 is 20.8. The highest BCUT2D eigenvalue weighted by Gasteiger charge is 2.36. The minimum absolute atomic E-state index is 0.0277. The summed E-state index contributed by atoms with van der Waals surface area (Å²) in [6.45, 7) is 1.53. The van der Waals surface area contributed by atoms with E-state index in [2.05, 4.69) is 14.4 Å². The van der Waals surface area contributed by atoms with E-state index in [1.165, 1.54) is 6.92 Å². The Hall–Kier alpha value is -0.460. The third-order valence-electron chi connectivity index (χ3n) is 1.69. The zero-order chi connectivity index (χ0) is 12.1. The van der Waals surface area contributed by atoms with E-state index in [1.54, 1.807) is 0 Å². The van der Waals surface area contributed by atoms with Crippen LogP contribution in [0.4, 0.5) is 0 Å². The number of nitrogens with one attached hydrogen (secondary N) is 1. The van der Waals surface area contributed by atoms with Gasteiger partial charge in [0.25, 0.3) is 0 Å². The molecule has 8 heteroatoms. The minimum Gasteiger partial charge on any atom is -0.392 e. The quantitative estimate of drug-likeness (QED) is 0.527. The number of amides is 1. The van der Waals surface area contributed by atoms with Gasteiger partial charge in [-0.15, -0.1) is 0 Å². The summed E-state index contributed by atoms with van der Waals surface area (Å²) in [5, 5.41) is 11.2. The summed E-state index contributed by atoms with van der Waals surface area (Å²) in [5.74, 6) is -2.09. The van der Waals surface area contributed by atoms with Crippen LogP contribution in [0, 0.1) is 0 Å². The molecule has 2 atom stereocenters. The van der Waals surface area contributed by atoms with Crippen LogP contribution in [-0.4, -0.2) is 43.7 Å². The van der Waals surface area contributed by atoms with Gasteiger partial charge < -0.3 is 25.2 Å². The molecule has 0 aliphatic heterocycles. The number of rotatable bonds is 6. The van der Waals surface area contributed by atoms with Crippen LogP contribution >= 0.6 is 7.60 Å². The monoisotopic (exact) mass is 240 g/mol. The number of hydrogen-bond donors (Lipinski definition) is 3. The molecule has 0 aliphatic carbocycles. The van der Waals surface area contributed by atoms with Gasteiger partial charge >= 0.3 is 7.60 Å². The van der Waals surface area contributed by atoms with Gasteiger partial charge in [0, 0.05) is 20.8 Å². The van der Waals surface area contributed by atoms with Gasteiger partial charge in [-0.1, -0.05) is 0 Å². The molecule has 90 valence electrons. The van der Waals surface area contributed by atoms with Gasteiger partial charge in [-0.3, -0.25) is 9.36 Å². The van der Waals surface area contributed by atoms with E-state index < -0.39 is 25.4 Å². The number of carbonyl (C=O) groups excluding carboxylic acids is 1. The van der Waals surface area contributed by atoms with E-state index in [9.17, 15) is 9.36 Å². The van der Waals surface area contributed by atoms with Gasteiger partial charge in [-0.2, -0.15) is 0 Å². The van der Waals surface area contributed by atoms with Crippen molar-refractivity contribution in [1.29, 1.82) is 0 Å². The Morgan fingerprint density at radius 1 is 1.53 bits per heavy atom. The highest BCUT2D eigenvalue weighted by molar-refractivity contribution is 7.55. The average Bonchev–Trinajstić information content (AvgIpc) is 2.23. The molecule has 0 heterocycles. The summed E-state index contributed by atoms with van der Waals surface area (Å²) >= 11 is 0. The summed E-state index contributed by atoms with van der Waals surface area (Å²) in [6.07, 6.45) is -0.703. The maximum absolute atomic E-state index is 11.6. The van der Waals surface area contributed by atoms with Gasteiger partial charge in [0.1, 0.15) is 0 Å². The maximum Gasteiger partial charge on any atom is 0.356 e. The van der Waals surface area contributed by atoms with Crippen molar-refractivity contribution >= 4 is 13.5 Å². The van der Waals surface area contributed by atoms with Crippen LogP contribution in [0.15, 0.2) is 0 Å². The molecule has 4 N–H and O–H groups in total. The van der Waals surface area contributed by atoms with Gasteiger partial charge in [-0.05, 0) is 6.92 Å². The lowest BCUT2D eigenvalue weighted by Gasteiger charge is -2.20. The molecule has 0 spiro atoms. The predicted molar refractivity (Wildman–Crippen MR) is 54.3 cm³/mol. The van der Waals surface area contributed by atoms with Gasteiger partial charge in [0.05, 0.1) is 6.10 Å². The molecule has 1 amide bonds. The second-order valence-electron chi connectivity index (χ2n) is 2.94. The number of aliphatic hydroxyl groups excluding tert-OH is 1. The Morgan fingerprint density at radius 3 is 2.33 bits per heavy atom. The highest BCUT2D eigenvalue weighted by atomic mass is 31.2. The van der Waals surface area contributed by atoms with Crippen molar-refractivity contribution in [3.8, 4) is 0 Å². The molecule has 2 unspecified atom stereocenters. The standard InChI is InChI=1S/C7H17N2O5P/c1-5(10)4-9-7(11)6(8)15(12,13-2)14-3/h5-6,10H,4,8H2,1-3H3,(H,9,11). The van der Waals surface area contributed by atoms with Crippen molar-refractivity contribution in [1.82, 2.24) is 5.32 Å². The molecule has 0 fully saturated rings. The lowest BCUT2D eigenvalue weighted by Crippen LogP contribution is -2.43. The lowest BCUT2D eigenvalue weighted by atomic mass is 10.4. The molecule has 15 heavy (non-hydrogen) atoms. The first kappa shape index (κ1) is 14.5. The Balaban J connectivity index is 4.37. The van der Waals surface area contributed by atoms with Crippen LogP contribution < -0.4 is 11.1 Å². The van der Waals surface area contributed by atoms with E-state index >= 15 is 0 Å². The molecule has 0 aromatic heterocycles. The lowest BCUT2D eigenvalue weighted by molar-refractivity contribution is -0.121. The largest absolute Gasteiger partial charge is 0.392 e. The maximum atomic E-state index is 11.6. The van der Waals surface area contributed by atoms with Crippen molar-refractivity contribution in [2.75, 3.05) is 20.8 Å². The van der Waals surface area contributed by atoms with E-state index in [4.69, 9.17) is 10.8 Å². The van der Waals surface area contributed by atoms with E-state index in [-0.39, 0.29) is 6.54 Å². The van der Waals surface area contributed by atoms with Crippen LogP contribution in [0.5, 0.6) is 0 Å². The normalized spacial score (nSPS) is 15.8. The van der Waals surface area contributed by atoms with Crippen LogP contribution in [0.25, 0.3) is 0 Å². The van der Waals surface area contributed by atoms with Crippen LogP contribution in [-0.2, 0) is 18.4 Å². The van der Waals surface area contributed by atoms with Crippen molar-refractivity contribution in [2.24, 2.45) is 5.73 Å². The second-order valence-corrected chi connectivity index (χ2v) is 5.31. The molecule has 0 saturated carbocycles. The summed E-state index contributed by atoms with van der Waals surface area (Å²) in [4.78, 5) is 11.3. The summed E-state index contributed by atoms with van der Waals surface area (Å²) in [7, 11) is -1.31. The smallest absolute Gasteiger partial charge is 0.356 e. The fourth-order valence-corrected chi connectivity index (χ4v) is 1.78. The third-order valence-corrected chi connectivity index (χ3v) is 3.62. The first-order chi connectivity index (χ1) is 6.87. The molecule has 0 aromatic carbocycles. The summed E-state index contributed by atoms with van der Waals surface area (Å²) in [6, 6.07) is 0. The van der Waals surface area contributed by atoms with Gasteiger partial charge in [-0.25, -0.2) is 0 Å². The molecule has 0 bridgehead atoms. The van der Waals surface area contributed by atoms with Crippen LogP contribution in [0.1, 0.15) is 6.92 Å². The van der Waals surface area contributed by atoms with Crippen LogP contribution in [0.3, 0.4) is 0 Å². The highest BCUT2D eigenvalue weighted by Crippen LogP contribution is 2.49. The summed E-state index contributed by atoms with van der Waals surface area (Å²) in [5.41, 5.74) is 5.40. The predicted octanol–water partition coefficient (Wildman–Crippen LogP) is -0.746. The zero-order valence-electron chi connectivity index (χ0n) is 8.97. The minimum atomic E-state index is -3.60. The number of nitrogens with two attached hydrogens (primary N) is 1. The average molecular weight is 240 g/mol. The van der Waals surface area contributed by atoms with E-state index in [0.29, 0.717) is 0 Å². The van der Waals surface area contributed by atoms with Crippen LogP contribution in [0.2, 0.25) is 0 Å².